The Labute approximate surface area is 38.3 Å². The summed E-state index contributed by atoms with van der Waals surface area (Å²) in [6.45, 7) is 1.90. The van der Waals surface area contributed by atoms with Crippen molar-refractivity contribution in [2.75, 3.05) is 7.11 Å². The summed E-state index contributed by atoms with van der Waals surface area (Å²) in [4.78, 5) is 0. The van der Waals surface area contributed by atoms with E-state index in [2.05, 4.69) is 0 Å². The van der Waals surface area contributed by atoms with E-state index < -0.39 is 0 Å². The molecule has 0 N–H and O–H groups in total. The van der Waals surface area contributed by atoms with Gasteiger partial charge in [0.15, 0.2) is 0 Å². The number of methoxy groups -OCH3 is 1. The summed E-state index contributed by atoms with van der Waals surface area (Å²) in [5.41, 5.74) is 0. The summed E-state index contributed by atoms with van der Waals surface area (Å²) < 4.78 is 4.74. The van der Waals surface area contributed by atoms with Crippen molar-refractivity contribution >= 4 is 0 Å². The van der Waals surface area contributed by atoms with E-state index in [9.17, 15) is 0 Å². The van der Waals surface area contributed by atoms with Crippen molar-refractivity contribution in [3.63, 3.8) is 0 Å². The van der Waals surface area contributed by atoms with E-state index in [1.165, 1.54) is 12.8 Å². The van der Waals surface area contributed by atoms with Crippen LogP contribution >= 0.6 is 0 Å². The van der Waals surface area contributed by atoms with Crippen LogP contribution in [0.5, 0.6) is 0 Å². The summed E-state index contributed by atoms with van der Waals surface area (Å²) in [6.07, 6.45) is 2.68. The van der Waals surface area contributed by atoms with Gasteiger partial charge in [-0.2, -0.15) is 0 Å². The fraction of sp³-hybridized carbons (Fsp3) is 0.800. The molecule has 1 heteroatoms. The second kappa shape index (κ2) is 1.61. The van der Waals surface area contributed by atoms with Crippen molar-refractivity contribution in [3.8, 4) is 0 Å². The molecule has 0 amide bonds. The molecular weight excluding hydrogens is 76.1 g/mol. The Bertz CT molecular complexity index is 39.2. The first-order chi connectivity index (χ1) is 2.93. The van der Waals surface area contributed by atoms with Crippen LogP contribution in [0.4, 0.5) is 0 Å². The summed E-state index contributed by atoms with van der Waals surface area (Å²) in [7, 11) is 1.71. The maximum Gasteiger partial charge on any atom is 0.0863 e. The molecule has 1 radical (unpaired) electrons. The molecule has 35 valence electrons. The molecule has 0 aliphatic heterocycles. The van der Waals surface area contributed by atoms with Crippen molar-refractivity contribution < 1.29 is 4.74 Å². The third-order valence-electron chi connectivity index (χ3n) is 0.951. The number of ether oxygens (including phenoxy) is 1. The highest BCUT2D eigenvalue weighted by Gasteiger charge is 2.20. The monoisotopic (exact) mass is 85.1 g/mol. The van der Waals surface area contributed by atoms with Crippen molar-refractivity contribution in [2.45, 2.75) is 12.8 Å². The molecular formula is C5H9O. The van der Waals surface area contributed by atoms with Gasteiger partial charge in [0.05, 0.1) is 6.61 Å². The fourth-order valence-corrected chi connectivity index (χ4v) is 0.425. The van der Waals surface area contributed by atoms with Crippen molar-refractivity contribution in [1.82, 2.24) is 0 Å². The average molecular weight is 85.1 g/mol. The van der Waals surface area contributed by atoms with Crippen LogP contribution in [0, 0.1) is 12.5 Å². The molecule has 0 aromatic carbocycles. The van der Waals surface area contributed by atoms with E-state index >= 15 is 0 Å². The molecule has 0 bridgehead atoms. The van der Waals surface area contributed by atoms with Gasteiger partial charge in [0, 0.05) is 7.11 Å². The molecule has 1 saturated carbocycles. The Balaban J connectivity index is 1.88. The summed E-state index contributed by atoms with van der Waals surface area (Å²) in [5, 5.41) is 0. The van der Waals surface area contributed by atoms with Gasteiger partial charge in [-0.05, 0) is 18.8 Å². The van der Waals surface area contributed by atoms with Gasteiger partial charge in [0.2, 0.25) is 0 Å². The fourth-order valence-electron chi connectivity index (χ4n) is 0.425. The lowest BCUT2D eigenvalue weighted by Gasteiger charge is -1.85. The van der Waals surface area contributed by atoms with E-state index in [4.69, 9.17) is 4.74 Å². The lowest BCUT2D eigenvalue weighted by molar-refractivity contribution is 0.258. The zero-order valence-electron chi connectivity index (χ0n) is 3.98. The van der Waals surface area contributed by atoms with Gasteiger partial charge >= 0.3 is 0 Å². The van der Waals surface area contributed by atoms with Crippen LogP contribution in [-0.2, 0) is 4.74 Å². The highest BCUT2D eigenvalue weighted by atomic mass is 16.5. The van der Waals surface area contributed by atoms with Crippen molar-refractivity contribution in [2.24, 2.45) is 5.92 Å². The van der Waals surface area contributed by atoms with Crippen LogP contribution in [0.15, 0.2) is 0 Å². The molecule has 0 heterocycles. The average Bonchev–Trinajstić information content (AvgIpc) is 2.21. The third-order valence-corrected chi connectivity index (χ3v) is 0.951. The molecule has 1 rings (SSSR count). The van der Waals surface area contributed by atoms with Gasteiger partial charge in [-0.3, -0.25) is 0 Å². The quantitative estimate of drug-likeness (QED) is 0.489. The summed E-state index contributed by atoms with van der Waals surface area (Å²) >= 11 is 0. The molecule has 0 aromatic heterocycles. The molecule has 0 aromatic rings. The Morgan fingerprint density at radius 2 is 2.33 bits per heavy atom. The predicted octanol–water partition coefficient (Wildman–Crippen LogP) is 1.20. The van der Waals surface area contributed by atoms with Crippen LogP contribution in [0.1, 0.15) is 12.8 Å². The Morgan fingerprint density at radius 3 is 2.50 bits per heavy atom. The van der Waals surface area contributed by atoms with Crippen molar-refractivity contribution in [1.29, 1.82) is 0 Å². The molecule has 6 heavy (non-hydrogen) atoms. The molecule has 0 spiro atoms. The standard InChI is InChI=1S/C5H9O/c1-6-4-5-2-3-5/h4-5H,2-3H2,1H3. The molecule has 1 aliphatic carbocycles. The first-order valence-corrected chi connectivity index (χ1v) is 2.29. The van der Waals surface area contributed by atoms with E-state index in [1.54, 1.807) is 7.11 Å². The van der Waals surface area contributed by atoms with Crippen molar-refractivity contribution in [3.05, 3.63) is 6.61 Å². The van der Waals surface area contributed by atoms with Gasteiger partial charge in [-0.1, -0.05) is 0 Å². The summed E-state index contributed by atoms with van der Waals surface area (Å²) in [5.74, 6) is 0.801. The highest BCUT2D eigenvalue weighted by molar-refractivity contribution is 4.79. The predicted molar refractivity (Wildman–Crippen MR) is 24.0 cm³/mol. The third kappa shape index (κ3) is 0.977. The molecule has 1 fully saturated rings. The number of hydrogen-bond acceptors (Lipinski definition) is 1. The first-order valence-electron chi connectivity index (χ1n) is 2.29. The molecule has 0 saturated heterocycles. The van der Waals surface area contributed by atoms with Crippen LogP contribution < -0.4 is 0 Å². The first kappa shape index (κ1) is 4.13. The largest absolute Gasteiger partial charge is 0.378 e. The van der Waals surface area contributed by atoms with E-state index in [1.807, 2.05) is 6.61 Å². The second-order valence-electron chi connectivity index (χ2n) is 1.71. The van der Waals surface area contributed by atoms with E-state index in [0.717, 1.165) is 5.92 Å². The van der Waals surface area contributed by atoms with Crippen LogP contribution in [0.2, 0.25) is 0 Å². The molecule has 1 aliphatic rings. The molecule has 0 atom stereocenters. The maximum atomic E-state index is 4.74. The zero-order chi connectivity index (χ0) is 4.41. The van der Waals surface area contributed by atoms with E-state index in [-0.39, 0.29) is 0 Å². The van der Waals surface area contributed by atoms with Crippen LogP contribution in [0.3, 0.4) is 0 Å². The van der Waals surface area contributed by atoms with Gasteiger partial charge in [-0.15, -0.1) is 0 Å². The smallest absolute Gasteiger partial charge is 0.0863 e. The van der Waals surface area contributed by atoms with Gasteiger partial charge in [-0.25, -0.2) is 0 Å². The Morgan fingerprint density at radius 1 is 1.67 bits per heavy atom. The lowest BCUT2D eigenvalue weighted by atomic mass is 10.5. The minimum absolute atomic E-state index is 0.801. The van der Waals surface area contributed by atoms with Crippen LogP contribution in [0.25, 0.3) is 0 Å². The minimum Gasteiger partial charge on any atom is -0.378 e. The maximum absolute atomic E-state index is 4.74. The zero-order valence-corrected chi connectivity index (χ0v) is 3.98. The Hall–Kier alpha value is -0.0400. The highest BCUT2D eigenvalue weighted by Crippen LogP contribution is 2.31. The molecule has 1 nitrogen and oxygen atoms in total. The lowest BCUT2D eigenvalue weighted by Crippen LogP contribution is -1.77. The Kier molecular flexibility index (Phi) is 1.10. The number of rotatable bonds is 2. The van der Waals surface area contributed by atoms with Crippen LogP contribution in [-0.4, -0.2) is 7.11 Å². The SMILES string of the molecule is CO[CH]C1CC1. The van der Waals surface area contributed by atoms with Gasteiger partial charge in [0.1, 0.15) is 0 Å². The summed E-state index contributed by atoms with van der Waals surface area (Å²) in [6, 6.07) is 0. The number of hydrogen-bond donors (Lipinski definition) is 0. The van der Waals surface area contributed by atoms with Gasteiger partial charge in [0.25, 0.3) is 0 Å². The van der Waals surface area contributed by atoms with Gasteiger partial charge < -0.3 is 4.74 Å². The molecule has 0 unspecified atom stereocenters. The normalized spacial score (nSPS) is 21.5. The van der Waals surface area contributed by atoms with E-state index in [0.29, 0.717) is 0 Å². The topological polar surface area (TPSA) is 9.23 Å². The minimum atomic E-state index is 0.801. The second-order valence-corrected chi connectivity index (χ2v) is 1.71.